The van der Waals surface area contributed by atoms with Gasteiger partial charge in [-0.1, -0.05) is 25.0 Å². The number of urea groups is 1. The molecule has 4 heteroatoms. The van der Waals surface area contributed by atoms with Crippen molar-refractivity contribution >= 4 is 11.7 Å². The van der Waals surface area contributed by atoms with Gasteiger partial charge in [0.2, 0.25) is 0 Å². The van der Waals surface area contributed by atoms with Crippen LogP contribution >= 0.6 is 0 Å². The lowest BCUT2D eigenvalue weighted by Gasteiger charge is -2.20. The Bertz CT molecular complexity index is 398. The average molecular weight is 247 g/mol. The van der Waals surface area contributed by atoms with Gasteiger partial charge in [0.1, 0.15) is 0 Å². The van der Waals surface area contributed by atoms with Gasteiger partial charge < -0.3 is 16.0 Å². The number of nitrogens with one attached hydrogen (secondary N) is 1. The minimum atomic E-state index is 0.0410. The van der Waals surface area contributed by atoms with Crippen LogP contribution in [-0.2, 0) is 6.54 Å². The molecule has 1 aromatic carbocycles. The fourth-order valence-electron chi connectivity index (χ4n) is 2.27. The third kappa shape index (κ3) is 3.65. The molecule has 0 saturated carbocycles. The van der Waals surface area contributed by atoms with Gasteiger partial charge in [0.15, 0.2) is 0 Å². The summed E-state index contributed by atoms with van der Waals surface area (Å²) in [6.07, 6.45) is 4.70. The van der Waals surface area contributed by atoms with Crippen LogP contribution in [0.2, 0.25) is 0 Å². The molecule has 98 valence electrons. The number of carbonyl (C=O) groups excluding carboxylic acids is 1. The Morgan fingerprint density at radius 2 is 1.94 bits per heavy atom. The number of likely N-dealkylation sites (tertiary alicyclic amines) is 1. The minimum absolute atomic E-state index is 0.0410. The third-order valence-corrected chi connectivity index (χ3v) is 3.29. The molecule has 0 unspecified atom stereocenters. The molecule has 0 spiro atoms. The van der Waals surface area contributed by atoms with Crippen molar-refractivity contribution in [2.45, 2.75) is 32.2 Å². The standard InChI is InChI=1S/C14H21N3O/c15-13-7-5-6-12(10-13)11-16-14(18)17-8-3-1-2-4-9-17/h5-7,10H,1-4,8-9,11,15H2,(H,16,18). The van der Waals surface area contributed by atoms with Crippen molar-refractivity contribution in [3.05, 3.63) is 29.8 Å². The summed E-state index contributed by atoms with van der Waals surface area (Å²) in [5.74, 6) is 0. The Kier molecular flexibility index (Phi) is 4.45. The van der Waals surface area contributed by atoms with E-state index in [1.54, 1.807) is 0 Å². The highest BCUT2D eigenvalue weighted by Gasteiger charge is 2.14. The van der Waals surface area contributed by atoms with E-state index in [0.29, 0.717) is 6.54 Å². The summed E-state index contributed by atoms with van der Waals surface area (Å²) in [5.41, 5.74) is 7.48. The molecule has 1 aliphatic heterocycles. The lowest BCUT2D eigenvalue weighted by Crippen LogP contribution is -2.40. The molecular weight excluding hydrogens is 226 g/mol. The molecule has 18 heavy (non-hydrogen) atoms. The third-order valence-electron chi connectivity index (χ3n) is 3.29. The van der Waals surface area contributed by atoms with Crippen LogP contribution in [0.4, 0.5) is 10.5 Å². The smallest absolute Gasteiger partial charge is 0.317 e. The summed E-state index contributed by atoms with van der Waals surface area (Å²) in [6.45, 7) is 2.30. The van der Waals surface area contributed by atoms with Crippen molar-refractivity contribution < 1.29 is 4.79 Å². The van der Waals surface area contributed by atoms with Crippen LogP contribution < -0.4 is 11.1 Å². The van der Waals surface area contributed by atoms with Gasteiger partial charge in [-0.3, -0.25) is 0 Å². The molecule has 3 N–H and O–H groups in total. The molecule has 0 aromatic heterocycles. The van der Waals surface area contributed by atoms with Crippen molar-refractivity contribution in [2.75, 3.05) is 18.8 Å². The van der Waals surface area contributed by atoms with Crippen molar-refractivity contribution in [1.29, 1.82) is 0 Å². The first-order valence-corrected chi connectivity index (χ1v) is 6.63. The summed E-state index contributed by atoms with van der Waals surface area (Å²) in [5, 5.41) is 2.96. The highest BCUT2D eigenvalue weighted by molar-refractivity contribution is 5.74. The lowest BCUT2D eigenvalue weighted by molar-refractivity contribution is 0.199. The fourth-order valence-corrected chi connectivity index (χ4v) is 2.27. The van der Waals surface area contributed by atoms with Gasteiger partial charge in [0, 0.05) is 25.3 Å². The molecule has 2 rings (SSSR count). The molecule has 1 saturated heterocycles. The van der Waals surface area contributed by atoms with E-state index in [1.807, 2.05) is 29.2 Å². The maximum absolute atomic E-state index is 12.0. The molecule has 1 heterocycles. The predicted octanol–water partition coefficient (Wildman–Crippen LogP) is 2.35. The highest BCUT2D eigenvalue weighted by Crippen LogP contribution is 2.10. The molecule has 0 aliphatic carbocycles. The van der Waals surface area contributed by atoms with E-state index in [1.165, 1.54) is 12.8 Å². The van der Waals surface area contributed by atoms with Crippen LogP contribution in [0.25, 0.3) is 0 Å². The number of nitrogens with two attached hydrogens (primary N) is 1. The number of anilines is 1. The quantitative estimate of drug-likeness (QED) is 0.788. The molecule has 1 fully saturated rings. The van der Waals surface area contributed by atoms with E-state index in [9.17, 15) is 4.79 Å². The Labute approximate surface area is 108 Å². The molecule has 1 aliphatic rings. The number of benzene rings is 1. The molecule has 0 radical (unpaired) electrons. The summed E-state index contributed by atoms with van der Waals surface area (Å²) in [7, 11) is 0. The highest BCUT2D eigenvalue weighted by atomic mass is 16.2. The van der Waals surface area contributed by atoms with Crippen LogP contribution in [-0.4, -0.2) is 24.0 Å². The van der Waals surface area contributed by atoms with E-state index in [4.69, 9.17) is 5.73 Å². The fraction of sp³-hybridized carbons (Fsp3) is 0.500. The van der Waals surface area contributed by atoms with Gasteiger partial charge in [-0.05, 0) is 30.5 Å². The van der Waals surface area contributed by atoms with Gasteiger partial charge in [0.05, 0.1) is 0 Å². The van der Waals surface area contributed by atoms with Crippen molar-refractivity contribution in [1.82, 2.24) is 10.2 Å². The first-order valence-electron chi connectivity index (χ1n) is 6.63. The van der Waals surface area contributed by atoms with Crippen LogP contribution in [0.5, 0.6) is 0 Å². The summed E-state index contributed by atoms with van der Waals surface area (Å²) >= 11 is 0. The second-order valence-corrected chi connectivity index (χ2v) is 4.81. The number of amides is 2. The van der Waals surface area contributed by atoms with Gasteiger partial charge in [0.25, 0.3) is 0 Å². The van der Waals surface area contributed by atoms with Gasteiger partial charge in [-0.15, -0.1) is 0 Å². The van der Waals surface area contributed by atoms with Gasteiger partial charge in [-0.25, -0.2) is 4.79 Å². The Morgan fingerprint density at radius 1 is 1.22 bits per heavy atom. The second kappa shape index (κ2) is 6.28. The Balaban J connectivity index is 1.83. The molecule has 1 aromatic rings. The van der Waals surface area contributed by atoms with Crippen molar-refractivity contribution in [3.8, 4) is 0 Å². The maximum Gasteiger partial charge on any atom is 0.317 e. The SMILES string of the molecule is Nc1cccc(CNC(=O)N2CCCCCC2)c1. The zero-order chi connectivity index (χ0) is 12.8. The van der Waals surface area contributed by atoms with Gasteiger partial charge in [-0.2, -0.15) is 0 Å². The van der Waals surface area contributed by atoms with E-state index < -0.39 is 0 Å². The average Bonchev–Trinajstić information content (AvgIpc) is 2.65. The monoisotopic (exact) mass is 247 g/mol. The first kappa shape index (κ1) is 12.7. The van der Waals surface area contributed by atoms with Crippen LogP contribution in [0.15, 0.2) is 24.3 Å². The normalized spacial score (nSPS) is 16.1. The summed E-state index contributed by atoms with van der Waals surface area (Å²) in [6, 6.07) is 7.66. The summed E-state index contributed by atoms with van der Waals surface area (Å²) < 4.78 is 0. The van der Waals surface area contributed by atoms with Crippen molar-refractivity contribution in [3.63, 3.8) is 0 Å². The maximum atomic E-state index is 12.0. The Morgan fingerprint density at radius 3 is 2.61 bits per heavy atom. The predicted molar refractivity (Wildman–Crippen MR) is 73.1 cm³/mol. The molecular formula is C14H21N3O. The topological polar surface area (TPSA) is 58.4 Å². The van der Waals surface area contributed by atoms with Crippen molar-refractivity contribution in [2.24, 2.45) is 0 Å². The van der Waals surface area contributed by atoms with E-state index >= 15 is 0 Å². The van der Waals surface area contributed by atoms with Gasteiger partial charge >= 0.3 is 6.03 Å². The lowest BCUT2D eigenvalue weighted by atomic mass is 10.2. The zero-order valence-electron chi connectivity index (χ0n) is 10.7. The minimum Gasteiger partial charge on any atom is -0.399 e. The number of nitrogen functional groups attached to an aromatic ring is 1. The van der Waals surface area contributed by atoms with Crippen LogP contribution in [0, 0.1) is 0 Å². The van der Waals surface area contributed by atoms with E-state index in [2.05, 4.69) is 5.32 Å². The number of rotatable bonds is 2. The number of carbonyl (C=O) groups is 1. The second-order valence-electron chi connectivity index (χ2n) is 4.81. The molecule has 0 bridgehead atoms. The molecule has 4 nitrogen and oxygen atoms in total. The first-order chi connectivity index (χ1) is 8.75. The zero-order valence-corrected chi connectivity index (χ0v) is 10.7. The molecule has 0 atom stereocenters. The number of hydrogen-bond donors (Lipinski definition) is 2. The van der Waals surface area contributed by atoms with Crippen LogP contribution in [0.1, 0.15) is 31.2 Å². The summed E-state index contributed by atoms with van der Waals surface area (Å²) in [4.78, 5) is 13.9. The Hall–Kier alpha value is -1.71. The van der Waals surface area contributed by atoms with Crippen LogP contribution in [0.3, 0.4) is 0 Å². The van der Waals surface area contributed by atoms with E-state index in [-0.39, 0.29) is 6.03 Å². The van der Waals surface area contributed by atoms with E-state index in [0.717, 1.165) is 37.2 Å². The number of nitrogens with zero attached hydrogens (tertiary/aromatic N) is 1. The molecule has 2 amide bonds. The largest absolute Gasteiger partial charge is 0.399 e. The number of hydrogen-bond acceptors (Lipinski definition) is 2.